The number of nitrogens with zero attached hydrogens (tertiary/aromatic N) is 4. The number of nitrogens with one attached hydrogen (secondary N) is 1. The van der Waals surface area contributed by atoms with E-state index >= 15 is 0 Å². The van der Waals surface area contributed by atoms with Crippen molar-refractivity contribution in [2.24, 2.45) is 17.8 Å². The third kappa shape index (κ3) is 5.47. The van der Waals surface area contributed by atoms with Crippen LogP contribution in [-0.2, 0) is 14.8 Å². The van der Waals surface area contributed by atoms with Crippen molar-refractivity contribution >= 4 is 15.9 Å². The number of fused-ring (bicyclic) bond motifs is 1. The first-order valence-electron chi connectivity index (χ1n) is 14.6. The normalized spacial score (nSPS) is 22.9. The fraction of sp³-hybridized carbons (Fsp3) is 0.484. The van der Waals surface area contributed by atoms with Crippen LogP contribution in [0.2, 0.25) is 0 Å². The molecular weight excluding hydrogens is 522 g/mol. The minimum Gasteiger partial charge on any atom is -0.349 e. The summed E-state index contributed by atoms with van der Waals surface area (Å²) >= 11 is 0. The summed E-state index contributed by atoms with van der Waals surface area (Å²) in [4.78, 5) is 15.7. The Labute approximate surface area is 237 Å². The molecule has 212 valence electrons. The average Bonchev–Trinajstić information content (AvgIpc) is 3.76. The molecule has 40 heavy (non-hydrogen) atoms. The Bertz CT molecular complexity index is 1410. The Balaban J connectivity index is 1.07. The van der Waals surface area contributed by atoms with E-state index in [1.54, 1.807) is 8.99 Å². The van der Waals surface area contributed by atoms with Crippen LogP contribution in [0, 0.1) is 24.7 Å². The van der Waals surface area contributed by atoms with E-state index in [4.69, 9.17) is 0 Å². The van der Waals surface area contributed by atoms with Crippen molar-refractivity contribution in [1.82, 2.24) is 24.3 Å². The summed E-state index contributed by atoms with van der Waals surface area (Å²) < 4.78 is 30.6. The van der Waals surface area contributed by atoms with Crippen LogP contribution < -0.4 is 5.32 Å². The van der Waals surface area contributed by atoms with Crippen LogP contribution in [0.5, 0.6) is 0 Å². The molecule has 9 heteroatoms. The second-order valence-corrected chi connectivity index (χ2v) is 13.6. The number of carbonyl (C=O) groups is 1. The van der Waals surface area contributed by atoms with Crippen LogP contribution in [0.25, 0.3) is 5.69 Å². The Morgan fingerprint density at radius 1 is 0.950 bits per heavy atom. The van der Waals surface area contributed by atoms with E-state index in [1.807, 2.05) is 55.5 Å². The van der Waals surface area contributed by atoms with Crippen molar-refractivity contribution in [3.63, 3.8) is 0 Å². The molecule has 2 saturated heterocycles. The SMILES string of the molecule is Cc1c(S(=O)(=O)N2CC3CN(CC[C@H](NC(=O)C4CCCC4)c4ccccc4)CC3C2)cnn1-c1ccccc1. The van der Waals surface area contributed by atoms with Gasteiger partial charge in [0, 0.05) is 38.6 Å². The first kappa shape index (κ1) is 27.2. The minimum absolute atomic E-state index is 0.00394. The second kappa shape index (κ2) is 11.5. The third-order valence-corrected chi connectivity index (χ3v) is 11.0. The largest absolute Gasteiger partial charge is 0.349 e. The maximum atomic E-state index is 13.6. The number of hydrogen-bond donors (Lipinski definition) is 1. The van der Waals surface area contributed by atoms with E-state index in [0.717, 1.165) is 63.0 Å². The first-order chi connectivity index (χ1) is 19.4. The molecule has 2 aliphatic heterocycles. The van der Waals surface area contributed by atoms with Gasteiger partial charge in [-0.05, 0) is 55.7 Å². The third-order valence-electron chi connectivity index (χ3n) is 9.09. The number of aromatic nitrogens is 2. The van der Waals surface area contributed by atoms with E-state index in [2.05, 4.69) is 27.4 Å². The molecule has 0 bridgehead atoms. The van der Waals surface area contributed by atoms with Gasteiger partial charge in [0.25, 0.3) is 0 Å². The molecule has 1 amide bonds. The van der Waals surface area contributed by atoms with Crippen LogP contribution >= 0.6 is 0 Å². The van der Waals surface area contributed by atoms with Crippen molar-refractivity contribution in [3.8, 4) is 5.69 Å². The summed E-state index contributed by atoms with van der Waals surface area (Å²) in [6.45, 7) is 5.56. The van der Waals surface area contributed by atoms with Crippen molar-refractivity contribution in [2.45, 2.75) is 50.0 Å². The number of amides is 1. The lowest BCUT2D eigenvalue weighted by Crippen LogP contribution is -2.36. The smallest absolute Gasteiger partial charge is 0.246 e. The summed E-state index contributed by atoms with van der Waals surface area (Å²) in [5.74, 6) is 0.982. The summed E-state index contributed by atoms with van der Waals surface area (Å²) in [5.41, 5.74) is 2.64. The van der Waals surface area contributed by atoms with Gasteiger partial charge in [-0.1, -0.05) is 61.4 Å². The number of para-hydroxylation sites is 1. The number of sulfonamides is 1. The van der Waals surface area contributed by atoms with Gasteiger partial charge in [0.1, 0.15) is 4.90 Å². The van der Waals surface area contributed by atoms with E-state index in [9.17, 15) is 13.2 Å². The number of rotatable bonds is 9. The molecule has 2 unspecified atom stereocenters. The zero-order valence-electron chi connectivity index (χ0n) is 23.2. The Morgan fingerprint density at radius 3 is 2.23 bits per heavy atom. The zero-order chi connectivity index (χ0) is 27.7. The molecule has 6 rings (SSSR count). The number of benzene rings is 2. The topological polar surface area (TPSA) is 87.5 Å². The Kier molecular flexibility index (Phi) is 7.79. The molecule has 1 aliphatic carbocycles. The van der Waals surface area contributed by atoms with Gasteiger partial charge in [0.15, 0.2) is 0 Å². The summed E-state index contributed by atoms with van der Waals surface area (Å²) in [6.07, 6.45) is 6.62. The predicted molar refractivity (Wildman–Crippen MR) is 154 cm³/mol. The lowest BCUT2D eigenvalue weighted by Gasteiger charge is -2.25. The minimum atomic E-state index is -3.62. The van der Waals surface area contributed by atoms with Crippen molar-refractivity contribution < 1.29 is 13.2 Å². The standard InChI is InChI=1S/C31H39N5O3S/c1-23-30(18-32-36(23)28-14-6-3-7-15-28)40(38,39)35-21-26-19-34(20-27(26)22-35)17-16-29(24-10-4-2-5-11-24)33-31(37)25-12-8-9-13-25/h2-7,10-11,14-15,18,25-27,29H,8-9,12-13,16-17,19-22H2,1H3,(H,33,37)/t26?,27?,29-/m0/s1. The van der Waals surface area contributed by atoms with Crippen molar-refractivity contribution in [2.75, 3.05) is 32.7 Å². The van der Waals surface area contributed by atoms with Crippen LogP contribution in [0.4, 0.5) is 0 Å². The number of likely N-dealkylation sites (tertiary alicyclic amines) is 1. The molecule has 3 atom stereocenters. The summed E-state index contributed by atoms with van der Waals surface area (Å²) in [6, 6.07) is 19.9. The fourth-order valence-electron chi connectivity index (χ4n) is 6.84. The molecule has 0 radical (unpaired) electrons. The van der Waals surface area contributed by atoms with Gasteiger partial charge in [0.2, 0.25) is 15.9 Å². The molecule has 3 fully saturated rings. The van der Waals surface area contributed by atoms with Gasteiger partial charge >= 0.3 is 0 Å². The van der Waals surface area contributed by atoms with Crippen LogP contribution in [0.1, 0.15) is 49.4 Å². The lowest BCUT2D eigenvalue weighted by molar-refractivity contribution is -0.125. The zero-order valence-corrected chi connectivity index (χ0v) is 24.0. The maximum absolute atomic E-state index is 13.6. The van der Waals surface area contributed by atoms with Crippen LogP contribution in [0.15, 0.2) is 71.8 Å². The molecule has 1 N–H and O–H groups in total. The van der Waals surface area contributed by atoms with Gasteiger partial charge < -0.3 is 10.2 Å². The number of hydrogen-bond acceptors (Lipinski definition) is 5. The van der Waals surface area contributed by atoms with Gasteiger partial charge in [-0.25, -0.2) is 13.1 Å². The highest BCUT2D eigenvalue weighted by Crippen LogP contribution is 2.36. The van der Waals surface area contributed by atoms with E-state index in [0.29, 0.717) is 30.6 Å². The van der Waals surface area contributed by atoms with Crippen molar-refractivity contribution in [1.29, 1.82) is 0 Å². The average molecular weight is 562 g/mol. The van der Waals surface area contributed by atoms with Gasteiger partial charge in [-0.3, -0.25) is 4.79 Å². The second-order valence-electron chi connectivity index (χ2n) is 11.7. The Hall–Kier alpha value is -3.01. The monoisotopic (exact) mass is 561 g/mol. The van der Waals surface area contributed by atoms with Crippen LogP contribution in [-0.4, -0.2) is 66.0 Å². The molecule has 2 aromatic carbocycles. The molecular formula is C31H39N5O3S. The molecule has 1 aromatic heterocycles. The van der Waals surface area contributed by atoms with Crippen LogP contribution in [0.3, 0.4) is 0 Å². The van der Waals surface area contributed by atoms with E-state index < -0.39 is 10.0 Å². The van der Waals surface area contributed by atoms with Gasteiger partial charge in [-0.15, -0.1) is 0 Å². The molecule has 1 saturated carbocycles. The highest BCUT2D eigenvalue weighted by molar-refractivity contribution is 7.89. The maximum Gasteiger partial charge on any atom is 0.246 e. The Morgan fingerprint density at radius 2 is 1.57 bits per heavy atom. The molecule has 3 aromatic rings. The van der Waals surface area contributed by atoms with Crippen molar-refractivity contribution in [3.05, 3.63) is 78.1 Å². The molecule has 0 spiro atoms. The highest BCUT2D eigenvalue weighted by atomic mass is 32.2. The molecule has 3 aliphatic rings. The first-order valence-corrected chi connectivity index (χ1v) is 16.0. The quantitative estimate of drug-likeness (QED) is 0.424. The molecule has 3 heterocycles. The molecule has 8 nitrogen and oxygen atoms in total. The van der Waals surface area contributed by atoms with Gasteiger partial charge in [-0.2, -0.15) is 9.40 Å². The highest BCUT2D eigenvalue weighted by Gasteiger charge is 2.45. The number of carbonyl (C=O) groups excluding carboxylic acids is 1. The summed E-state index contributed by atoms with van der Waals surface area (Å²) in [7, 11) is -3.62. The fourth-order valence-corrected chi connectivity index (χ4v) is 8.53. The summed E-state index contributed by atoms with van der Waals surface area (Å²) in [5, 5.41) is 7.74. The predicted octanol–water partition coefficient (Wildman–Crippen LogP) is 4.17. The van der Waals surface area contributed by atoms with E-state index in [1.165, 1.54) is 6.20 Å². The van der Waals surface area contributed by atoms with Gasteiger partial charge in [0.05, 0.1) is 23.6 Å². The lowest BCUT2D eigenvalue weighted by atomic mass is 10.0. The van der Waals surface area contributed by atoms with E-state index in [-0.39, 0.29) is 22.8 Å².